The maximum absolute atomic E-state index is 5.93. The molecule has 90 valence electrons. The fraction of sp³-hybridized carbons (Fsp3) is 0.750. The first-order valence-corrected chi connectivity index (χ1v) is 6.58. The minimum atomic E-state index is 0.696. The fourth-order valence-electron chi connectivity index (χ4n) is 2.40. The van der Waals surface area contributed by atoms with Crippen LogP contribution in [-0.2, 0) is 13.5 Å². The van der Waals surface area contributed by atoms with Crippen LogP contribution in [-0.4, -0.2) is 40.2 Å². The first-order chi connectivity index (χ1) is 7.79. The number of hydrogen-bond acceptors (Lipinski definition) is 2. The summed E-state index contributed by atoms with van der Waals surface area (Å²) in [6, 6.07) is 2.10. The smallest absolute Gasteiger partial charge is 0.0492 e. The Hall–Kier alpha value is -0.540. The maximum Gasteiger partial charge on any atom is 0.0492 e. The van der Waals surface area contributed by atoms with Gasteiger partial charge in [-0.15, -0.1) is 11.6 Å². The summed E-state index contributed by atoms with van der Waals surface area (Å²) in [5.74, 6) is 1.50. The molecule has 0 aliphatic carbocycles. The SMILES string of the molecule is Cn1nccc1CCN1CCCC(CCl)C1. The standard InChI is InChI=1S/C12H20ClN3/c1-15-12(4-6-14-15)5-8-16-7-2-3-11(9-13)10-16/h4,6,11H,2-3,5,7-10H2,1H3. The molecule has 1 saturated heterocycles. The van der Waals surface area contributed by atoms with Gasteiger partial charge in [-0.1, -0.05) is 0 Å². The molecule has 1 aromatic rings. The number of likely N-dealkylation sites (tertiary alicyclic amines) is 1. The van der Waals surface area contributed by atoms with Gasteiger partial charge in [0.25, 0.3) is 0 Å². The van der Waals surface area contributed by atoms with Gasteiger partial charge >= 0.3 is 0 Å². The van der Waals surface area contributed by atoms with Crippen LogP contribution in [0, 0.1) is 5.92 Å². The average Bonchev–Trinajstić information content (AvgIpc) is 2.72. The maximum atomic E-state index is 5.93. The van der Waals surface area contributed by atoms with E-state index in [9.17, 15) is 0 Å². The zero-order chi connectivity index (χ0) is 11.4. The van der Waals surface area contributed by atoms with Crippen molar-refractivity contribution in [2.45, 2.75) is 19.3 Å². The Kier molecular flexibility index (Phi) is 4.24. The summed E-state index contributed by atoms with van der Waals surface area (Å²) < 4.78 is 1.96. The summed E-state index contributed by atoms with van der Waals surface area (Å²) in [7, 11) is 2.01. The molecule has 0 spiro atoms. The lowest BCUT2D eigenvalue weighted by Crippen LogP contribution is -2.37. The largest absolute Gasteiger partial charge is 0.303 e. The van der Waals surface area contributed by atoms with Crippen LogP contribution in [0.15, 0.2) is 12.3 Å². The van der Waals surface area contributed by atoms with Crippen molar-refractivity contribution in [2.75, 3.05) is 25.5 Å². The Morgan fingerprint density at radius 1 is 1.56 bits per heavy atom. The minimum absolute atomic E-state index is 0.696. The first kappa shape index (κ1) is 11.9. The summed E-state index contributed by atoms with van der Waals surface area (Å²) in [4.78, 5) is 2.53. The highest BCUT2D eigenvalue weighted by Gasteiger charge is 2.18. The number of hydrogen-bond donors (Lipinski definition) is 0. The molecule has 2 rings (SSSR count). The second-order valence-electron chi connectivity index (χ2n) is 4.66. The van der Waals surface area contributed by atoms with Gasteiger partial charge in [-0.2, -0.15) is 5.10 Å². The Labute approximate surface area is 102 Å². The van der Waals surface area contributed by atoms with E-state index >= 15 is 0 Å². The highest BCUT2D eigenvalue weighted by atomic mass is 35.5. The molecule has 0 bridgehead atoms. The van der Waals surface area contributed by atoms with E-state index in [1.165, 1.54) is 31.6 Å². The van der Waals surface area contributed by atoms with Gasteiger partial charge in [-0.05, 0) is 31.4 Å². The molecule has 3 nitrogen and oxygen atoms in total. The second kappa shape index (κ2) is 5.69. The van der Waals surface area contributed by atoms with Crippen molar-refractivity contribution in [1.29, 1.82) is 0 Å². The van der Waals surface area contributed by atoms with E-state index < -0.39 is 0 Å². The van der Waals surface area contributed by atoms with Crippen LogP contribution in [0.3, 0.4) is 0 Å². The summed E-state index contributed by atoms with van der Waals surface area (Å²) in [5, 5.41) is 4.19. The molecule has 4 heteroatoms. The van der Waals surface area contributed by atoms with Gasteiger partial charge in [0.15, 0.2) is 0 Å². The molecule has 1 unspecified atom stereocenters. The lowest BCUT2D eigenvalue weighted by atomic mass is 10.00. The second-order valence-corrected chi connectivity index (χ2v) is 4.97. The number of nitrogens with zero attached hydrogens (tertiary/aromatic N) is 3. The molecule has 0 amide bonds. The lowest BCUT2D eigenvalue weighted by Gasteiger charge is -2.31. The molecular weight excluding hydrogens is 222 g/mol. The molecule has 1 fully saturated rings. The lowest BCUT2D eigenvalue weighted by molar-refractivity contribution is 0.186. The third-order valence-corrected chi connectivity index (χ3v) is 3.86. The Morgan fingerprint density at radius 3 is 3.12 bits per heavy atom. The predicted molar refractivity (Wildman–Crippen MR) is 66.8 cm³/mol. The first-order valence-electron chi connectivity index (χ1n) is 6.05. The van der Waals surface area contributed by atoms with Crippen LogP contribution in [0.4, 0.5) is 0 Å². The molecular formula is C12H20ClN3. The number of rotatable bonds is 4. The van der Waals surface area contributed by atoms with Gasteiger partial charge in [-0.3, -0.25) is 4.68 Å². The molecule has 16 heavy (non-hydrogen) atoms. The summed E-state index contributed by atoms with van der Waals surface area (Å²) in [6.07, 6.45) is 5.55. The predicted octanol–water partition coefficient (Wildman–Crippen LogP) is 1.91. The van der Waals surface area contributed by atoms with E-state index in [4.69, 9.17) is 11.6 Å². The fourth-order valence-corrected chi connectivity index (χ4v) is 2.65. The van der Waals surface area contributed by atoms with Crippen molar-refractivity contribution in [3.05, 3.63) is 18.0 Å². The molecule has 1 aliphatic heterocycles. The Morgan fingerprint density at radius 2 is 2.44 bits per heavy atom. The van der Waals surface area contributed by atoms with Gasteiger partial charge in [0.2, 0.25) is 0 Å². The van der Waals surface area contributed by atoms with E-state index in [2.05, 4.69) is 16.1 Å². The highest BCUT2D eigenvalue weighted by molar-refractivity contribution is 6.18. The van der Waals surface area contributed by atoms with Crippen LogP contribution in [0.25, 0.3) is 0 Å². The molecule has 1 atom stereocenters. The van der Waals surface area contributed by atoms with Crippen LogP contribution in [0.1, 0.15) is 18.5 Å². The average molecular weight is 242 g/mol. The normalized spacial score (nSPS) is 22.5. The number of alkyl halides is 1. The van der Waals surface area contributed by atoms with E-state index in [1.54, 1.807) is 0 Å². The van der Waals surface area contributed by atoms with Crippen molar-refractivity contribution in [1.82, 2.24) is 14.7 Å². The van der Waals surface area contributed by atoms with E-state index in [0.29, 0.717) is 5.92 Å². The van der Waals surface area contributed by atoms with Gasteiger partial charge in [0.1, 0.15) is 0 Å². The Bertz CT molecular complexity index is 324. The summed E-state index contributed by atoms with van der Waals surface area (Å²) in [5.41, 5.74) is 1.31. The minimum Gasteiger partial charge on any atom is -0.303 e. The molecule has 2 heterocycles. The zero-order valence-corrected chi connectivity index (χ0v) is 10.7. The van der Waals surface area contributed by atoms with Crippen molar-refractivity contribution in [2.24, 2.45) is 13.0 Å². The number of aromatic nitrogens is 2. The van der Waals surface area contributed by atoms with Gasteiger partial charge < -0.3 is 4.90 Å². The van der Waals surface area contributed by atoms with Crippen molar-refractivity contribution >= 4 is 11.6 Å². The number of halogens is 1. The Balaban J connectivity index is 1.79. The molecule has 0 saturated carbocycles. The van der Waals surface area contributed by atoms with E-state index in [1.807, 2.05) is 17.9 Å². The van der Waals surface area contributed by atoms with Gasteiger partial charge in [-0.25, -0.2) is 0 Å². The van der Waals surface area contributed by atoms with E-state index in [-0.39, 0.29) is 0 Å². The number of aryl methyl sites for hydroxylation is 1. The van der Waals surface area contributed by atoms with Crippen LogP contribution in [0.5, 0.6) is 0 Å². The van der Waals surface area contributed by atoms with E-state index in [0.717, 1.165) is 18.8 Å². The topological polar surface area (TPSA) is 21.1 Å². The van der Waals surface area contributed by atoms with Gasteiger partial charge in [0, 0.05) is 44.3 Å². The van der Waals surface area contributed by atoms with Crippen LogP contribution in [0.2, 0.25) is 0 Å². The van der Waals surface area contributed by atoms with Crippen LogP contribution < -0.4 is 0 Å². The third kappa shape index (κ3) is 2.98. The zero-order valence-electron chi connectivity index (χ0n) is 9.90. The summed E-state index contributed by atoms with van der Waals surface area (Å²) >= 11 is 5.93. The van der Waals surface area contributed by atoms with Crippen molar-refractivity contribution in [3.63, 3.8) is 0 Å². The molecule has 1 aliphatic rings. The molecule has 0 N–H and O–H groups in total. The molecule has 0 aromatic carbocycles. The molecule has 1 aromatic heterocycles. The summed E-state index contributed by atoms with van der Waals surface area (Å²) in [6.45, 7) is 3.53. The van der Waals surface area contributed by atoms with Crippen LogP contribution >= 0.6 is 11.6 Å². The monoisotopic (exact) mass is 241 g/mol. The third-order valence-electron chi connectivity index (χ3n) is 3.43. The van der Waals surface area contributed by atoms with Crippen molar-refractivity contribution < 1.29 is 0 Å². The quantitative estimate of drug-likeness (QED) is 0.751. The van der Waals surface area contributed by atoms with Gasteiger partial charge in [0.05, 0.1) is 0 Å². The highest BCUT2D eigenvalue weighted by Crippen LogP contribution is 2.17. The number of piperidine rings is 1. The molecule has 0 radical (unpaired) electrons. The van der Waals surface area contributed by atoms with Crippen molar-refractivity contribution in [3.8, 4) is 0 Å².